The fourth-order valence-corrected chi connectivity index (χ4v) is 10.9. The number of hydrogen-bond acceptors (Lipinski definition) is 11. The fraction of sp³-hybridized carbons (Fsp3) is 0.625. The van der Waals surface area contributed by atoms with E-state index in [1.54, 1.807) is 41.3 Å². The zero-order valence-corrected chi connectivity index (χ0v) is 53.3. The van der Waals surface area contributed by atoms with Crippen molar-refractivity contribution in [2.75, 3.05) is 55.4 Å². The molecule has 0 saturated carbocycles. The zero-order valence-electron chi connectivity index (χ0n) is 53.3. The summed E-state index contributed by atoms with van der Waals surface area (Å²) in [4.78, 5) is 155. The highest BCUT2D eigenvalue weighted by atomic mass is 16.3. The summed E-state index contributed by atoms with van der Waals surface area (Å²) in [6.07, 6.45) is 1.72. The van der Waals surface area contributed by atoms with Crippen LogP contribution in [0.4, 0.5) is 4.79 Å². The highest BCUT2D eigenvalue weighted by Gasteiger charge is 2.43. The molecule has 0 radical (unpaired) electrons. The van der Waals surface area contributed by atoms with Crippen molar-refractivity contribution < 1.29 is 53.1 Å². The number of hydrogen-bond donors (Lipinski definition) is 4. The number of benzene rings is 2. The number of carbonyl (C=O) groups is 10. The molecule has 470 valence electrons. The second-order valence-electron chi connectivity index (χ2n) is 25.1. The summed E-state index contributed by atoms with van der Waals surface area (Å²) in [6, 6.07) is 5.00. The molecule has 3 aliphatic heterocycles. The first-order valence-electron chi connectivity index (χ1n) is 30.1. The van der Waals surface area contributed by atoms with Crippen LogP contribution < -0.4 is 16.0 Å². The summed E-state index contributed by atoms with van der Waals surface area (Å²) >= 11 is 0. The molecule has 0 aromatic heterocycles. The highest BCUT2D eigenvalue weighted by molar-refractivity contribution is 6.19. The summed E-state index contributed by atoms with van der Waals surface area (Å²) in [5, 5.41) is 19.1. The number of aliphatic hydroxyl groups is 1. The number of likely N-dealkylation sites (N-methyl/N-ethyl adjacent to an activating group) is 6. The van der Waals surface area contributed by atoms with Gasteiger partial charge in [-0.05, 0) is 99.2 Å². The predicted octanol–water partition coefficient (Wildman–Crippen LogP) is 4.74. The maximum absolute atomic E-state index is 15.1. The predicted molar refractivity (Wildman–Crippen MR) is 327 cm³/mol. The molecule has 1 saturated heterocycles. The number of rotatable bonds is 12. The molecule has 9 atom stereocenters. The van der Waals surface area contributed by atoms with Crippen molar-refractivity contribution in [1.29, 1.82) is 0 Å². The molecule has 2 aromatic rings. The molecule has 0 spiro atoms. The van der Waals surface area contributed by atoms with Gasteiger partial charge in [0.1, 0.15) is 48.3 Å². The van der Waals surface area contributed by atoms with Gasteiger partial charge in [-0.1, -0.05) is 117 Å². The van der Waals surface area contributed by atoms with Gasteiger partial charge in [-0.3, -0.25) is 48.5 Å². The Bertz CT molecular complexity index is 2670. The van der Waals surface area contributed by atoms with E-state index in [9.17, 15) is 43.5 Å². The maximum atomic E-state index is 15.1. The Hall–Kier alpha value is -7.16. The normalized spacial score (nSPS) is 24.8. The van der Waals surface area contributed by atoms with E-state index in [0.29, 0.717) is 29.8 Å². The topological polar surface area (TPSA) is 250 Å². The Labute approximate surface area is 504 Å². The van der Waals surface area contributed by atoms with Crippen LogP contribution in [0.25, 0.3) is 5.57 Å². The minimum Gasteiger partial charge on any atom is -0.391 e. The van der Waals surface area contributed by atoms with Crippen LogP contribution in [-0.4, -0.2) is 208 Å². The van der Waals surface area contributed by atoms with Gasteiger partial charge in [-0.25, -0.2) is 4.79 Å². The molecule has 4 N–H and O–H groups in total. The molecule has 3 aliphatic rings. The molecule has 1 fully saturated rings. The molecule has 2 bridgehead atoms. The highest BCUT2D eigenvalue weighted by Crippen LogP contribution is 2.25. The van der Waals surface area contributed by atoms with Crippen molar-refractivity contribution in [1.82, 2.24) is 50.2 Å². The number of amides is 11. The standard InChI is InChI=1S/C64H98N10O11/c1-38(2)32-49-56(77)65-48(59(80)74-30-22-19-23-31-74)36-46-26-28-47(29-27-46)42(9)58(79)71(15)53(37-45-24-20-18-21-25-45)62(83)70(14)50(33-39(3)4)57(78)66-54(44(11)75)63(84)68(12)43(10)55(76)67-64(85)73(17)52(35-41(7)8)61(82)72(16)51(34-40(5)6)60(81)69(49)13/h18,20-21,24-29,38-41,43-44,48-54,75H,9,19,22-23,30-37H2,1-8,10-17H3,(H,65,77)(H,66,78)(H,67,76,85)/t43-,44+,48-,49-,50-,51-,52-,53-,54-/m0/s1. The van der Waals surface area contributed by atoms with E-state index >= 15 is 9.59 Å². The fourth-order valence-electron chi connectivity index (χ4n) is 10.9. The lowest BCUT2D eigenvalue weighted by Crippen LogP contribution is -2.62. The van der Waals surface area contributed by atoms with Gasteiger partial charge in [0, 0.05) is 73.8 Å². The lowest BCUT2D eigenvalue weighted by Gasteiger charge is -2.39. The van der Waals surface area contributed by atoms with Crippen molar-refractivity contribution in [3.63, 3.8) is 0 Å². The minimum atomic E-state index is -1.64. The van der Waals surface area contributed by atoms with E-state index in [4.69, 9.17) is 0 Å². The number of likely N-dealkylation sites (tertiary alicyclic amines) is 1. The van der Waals surface area contributed by atoms with Gasteiger partial charge in [-0.2, -0.15) is 0 Å². The van der Waals surface area contributed by atoms with E-state index in [1.165, 1.54) is 75.7 Å². The molecule has 3 heterocycles. The van der Waals surface area contributed by atoms with E-state index in [-0.39, 0.29) is 73.7 Å². The number of urea groups is 1. The maximum Gasteiger partial charge on any atom is 0.324 e. The van der Waals surface area contributed by atoms with Gasteiger partial charge in [0.25, 0.3) is 5.91 Å². The van der Waals surface area contributed by atoms with E-state index in [1.807, 2.05) is 73.6 Å². The van der Waals surface area contributed by atoms with Crippen LogP contribution in [0.3, 0.4) is 0 Å². The third kappa shape index (κ3) is 18.9. The molecule has 85 heavy (non-hydrogen) atoms. The van der Waals surface area contributed by atoms with Gasteiger partial charge in [0.2, 0.25) is 47.3 Å². The third-order valence-electron chi connectivity index (χ3n) is 16.4. The first kappa shape index (κ1) is 70.3. The van der Waals surface area contributed by atoms with Gasteiger partial charge < -0.3 is 50.0 Å². The van der Waals surface area contributed by atoms with Crippen LogP contribution >= 0.6 is 0 Å². The summed E-state index contributed by atoms with van der Waals surface area (Å²) in [5.74, 6) is -6.42. The summed E-state index contributed by atoms with van der Waals surface area (Å²) in [5.41, 5.74) is 1.83. The number of carbonyl (C=O) groups excluding carboxylic acids is 10. The Balaban J connectivity index is 1.91. The Morgan fingerprint density at radius 2 is 0.988 bits per heavy atom. The second-order valence-corrected chi connectivity index (χ2v) is 25.1. The Morgan fingerprint density at radius 3 is 1.47 bits per heavy atom. The number of fused-ring (bicyclic) bond motifs is 29. The van der Waals surface area contributed by atoms with Crippen LogP contribution in [0.15, 0.2) is 61.2 Å². The van der Waals surface area contributed by atoms with Crippen molar-refractivity contribution >= 4 is 64.8 Å². The summed E-state index contributed by atoms with van der Waals surface area (Å²) in [7, 11) is 8.52. The first-order chi connectivity index (χ1) is 39.8. The van der Waals surface area contributed by atoms with Crippen molar-refractivity contribution in [2.24, 2.45) is 23.7 Å². The van der Waals surface area contributed by atoms with Gasteiger partial charge in [-0.15, -0.1) is 0 Å². The number of aliphatic hydroxyl groups excluding tert-OH is 1. The zero-order chi connectivity index (χ0) is 63.9. The minimum absolute atomic E-state index is 0.0384. The number of imide groups is 1. The molecule has 5 rings (SSSR count). The molecule has 0 aliphatic carbocycles. The molecular formula is C64H98N10O11. The number of nitrogens with zero attached hydrogens (tertiary/aromatic N) is 7. The van der Waals surface area contributed by atoms with Crippen LogP contribution in [0.5, 0.6) is 0 Å². The van der Waals surface area contributed by atoms with Crippen LogP contribution in [-0.2, 0) is 56.0 Å². The largest absolute Gasteiger partial charge is 0.391 e. The smallest absolute Gasteiger partial charge is 0.324 e. The first-order valence-corrected chi connectivity index (χ1v) is 30.1. The third-order valence-corrected chi connectivity index (χ3v) is 16.4. The SMILES string of the molecule is C=C1C(=O)N(C)[C@@H](Cc2ccccc2)C(=O)N(C)[C@@H](CC(C)C)C(=O)N[C@@H]([C@@H](C)O)C(=O)N(C)[C@@H](C)C(=O)NC(=O)N(C)[C@@H](CC(C)C)C(=O)N(C)[C@@H](CC(C)C)C(=O)N(C)[C@@H](CC(C)C)C(=O)N[C@H](C(=O)N2CCCCC2)Cc2ccc1cc2. The summed E-state index contributed by atoms with van der Waals surface area (Å²) < 4.78 is 0. The molecule has 11 amide bonds. The van der Waals surface area contributed by atoms with Gasteiger partial charge in [0.15, 0.2) is 0 Å². The average molecular weight is 1180 g/mol. The molecule has 21 nitrogen and oxygen atoms in total. The molecule has 0 unspecified atom stereocenters. The van der Waals surface area contributed by atoms with Gasteiger partial charge in [0.05, 0.1) is 6.10 Å². The monoisotopic (exact) mass is 1180 g/mol. The second kappa shape index (κ2) is 31.8. The van der Waals surface area contributed by atoms with Crippen molar-refractivity contribution in [3.05, 3.63) is 77.9 Å². The van der Waals surface area contributed by atoms with E-state index < -0.39 is 108 Å². The Kier molecular flexibility index (Phi) is 26.3. The van der Waals surface area contributed by atoms with Crippen molar-refractivity contribution in [3.8, 4) is 0 Å². The Morgan fingerprint density at radius 1 is 0.541 bits per heavy atom. The lowest BCUT2D eigenvalue weighted by molar-refractivity contribution is -0.150. The number of nitrogens with one attached hydrogen (secondary N) is 3. The quantitative estimate of drug-likeness (QED) is 0.167. The summed E-state index contributed by atoms with van der Waals surface area (Å²) in [6.45, 7) is 22.8. The van der Waals surface area contributed by atoms with Gasteiger partial charge >= 0.3 is 6.03 Å². The van der Waals surface area contributed by atoms with Crippen LogP contribution in [0.1, 0.15) is 131 Å². The van der Waals surface area contributed by atoms with Crippen molar-refractivity contribution in [2.45, 2.75) is 181 Å². The molecule has 2 aromatic carbocycles. The molecular weight excluding hydrogens is 1080 g/mol. The average Bonchev–Trinajstić information content (AvgIpc) is 3.54. The lowest BCUT2D eigenvalue weighted by atomic mass is 9.95. The van der Waals surface area contributed by atoms with Crippen LogP contribution in [0.2, 0.25) is 0 Å². The number of piperidine rings is 1. The van der Waals surface area contributed by atoms with E-state index in [0.717, 1.165) is 29.1 Å². The van der Waals surface area contributed by atoms with E-state index in [2.05, 4.69) is 22.5 Å². The van der Waals surface area contributed by atoms with Crippen LogP contribution in [0, 0.1) is 23.7 Å². The molecule has 21 heteroatoms.